The van der Waals surface area contributed by atoms with Gasteiger partial charge in [-0.2, -0.15) is 0 Å². The second-order valence-electron chi connectivity index (χ2n) is 14.1. The third-order valence-corrected chi connectivity index (χ3v) is 11.1. The van der Waals surface area contributed by atoms with Crippen LogP contribution in [0.25, 0.3) is 64.6 Å². The highest BCUT2D eigenvalue weighted by Gasteiger charge is 2.24. The lowest BCUT2D eigenvalue weighted by atomic mass is 9.91. The highest BCUT2D eigenvalue weighted by molar-refractivity contribution is 6.29. The van der Waals surface area contributed by atoms with Crippen LogP contribution in [0.15, 0.2) is 206 Å². The molecule has 0 saturated carbocycles. The van der Waals surface area contributed by atoms with Gasteiger partial charge in [0.2, 0.25) is 0 Å². The van der Waals surface area contributed by atoms with Crippen molar-refractivity contribution in [1.29, 1.82) is 0 Å². The summed E-state index contributed by atoms with van der Waals surface area (Å²) in [7, 11) is 0. The molecule has 0 aliphatic rings. The fraction of sp³-hybridized carbons (Fsp3) is 0. The molecule has 0 aromatic heterocycles. The van der Waals surface area contributed by atoms with Gasteiger partial charge in [0.25, 0.3) is 0 Å². The summed E-state index contributed by atoms with van der Waals surface area (Å²) in [6, 6.07) is 75.3. The zero-order valence-electron chi connectivity index (χ0n) is 29.5. The number of anilines is 6. The minimum Gasteiger partial charge on any atom is -0.309 e. The van der Waals surface area contributed by atoms with E-state index >= 15 is 0 Å². The Morgan fingerprint density at radius 1 is 0.241 bits per heavy atom. The van der Waals surface area contributed by atoms with E-state index in [1.165, 1.54) is 70.3 Å². The van der Waals surface area contributed by atoms with E-state index < -0.39 is 0 Å². The topological polar surface area (TPSA) is 6.48 Å². The molecular formula is C52H34N2. The zero-order chi connectivity index (χ0) is 35.6. The lowest BCUT2D eigenvalue weighted by molar-refractivity contribution is 1.31. The quantitative estimate of drug-likeness (QED) is 0.127. The van der Waals surface area contributed by atoms with E-state index in [-0.39, 0.29) is 0 Å². The molecule has 11 rings (SSSR count). The number of hydrogen-bond donors (Lipinski definition) is 0. The molecular weight excluding hydrogens is 653 g/mol. The van der Waals surface area contributed by atoms with E-state index in [1.54, 1.807) is 0 Å². The van der Waals surface area contributed by atoms with Crippen molar-refractivity contribution in [2.45, 2.75) is 0 Å². The van der Waals surface area contributed by atoms with Gasteiger partial charge in [-0.3, -0.25) is 0 Å². The average molecular weight is 687 g/mol. The Balaban J connectivity index is 1.22. The van der Waals surface area contributed by atoms with Crippen LogP contribution >= 0.6 is 0 Å². The Kier molecular flexibility index (Phi) is 6.90. The number of para-hydroxylation sites is 2. The van der Waals surface area contributed by atoms with Crippen molar-refractivity contribution in [3.63, 3.8) is 0 Å². The average Bonchev–Trinajstić information content (AvgIpc) is 3.24. The van der Waals surface area contributed by atoms with Gasteiger partial charge in [-0.25, -0.2) is 0 Å². The normalized spacial score (nSPS) is 11.7. The summed E-state index contributed by atoms with van der Waals surface area (Å²) >= 11 is 0. The van der Waals surface area contributed by atoms with Gasteiger partial charge >= 0.3 is 0 Å². The summed E-state index contributed by atoms with van der Waals surface area (Å²) in [6.45, 7) is 0. The molecule has 0 N–H and O–H groups in total. The van der Waals surface area contributed by atoms with Gasteiger partial charge in [-0.15, -0.1) is 0 Å². The van der Waals surface area contributed by atoms with E-state index in [0.717, 1.165) is 28.4 Å². The first-order valence-corrected chi connectivity index (χ1v) is 18.6. The summed E-state index contributed by atoms with van der Waals surface area (Å²) in [5.74, 6) is 0. The predicted molar refractivity (Wildman–Crippen MR) is 232 cm³/mol. The van der Waals surface area contributed by atoms with E-state index in [0.29, 0.717) is 0 Å². The molecule has 0 atom stereocenters. The van der Waals surface area contributed by atoms with E-state index in [4.69, 9.17) is 0 Å². The molecule has 0 amide bonds. The molecule has 252 valence electrons. The lowest BCUT2D eigenvalue weighted by Gasteiger charge is -2.31. The van der Waals surface area contributed by atoms with Crippen molar-refractivity contribution in [2.75, 3.05) is 9.80 Å². The minimum absolute atomic E-state index is 1.13. The molecule has 2 nitrogen and oxygen atoms in total. The molecule has 0 aliphatic heterocycles. The minimum atomic E-state index is 1.13. The molecule has 0 radical (unpaired) electrons. The maximum atomic E-state index is 2.49. The van der Waals surface area contributed by atoms with Crippen LogP contribution < -0.4 is 9.80 Å². The third kappa shape index (κ3) is 4.67. The van der Waals surface area contributed by atoms with Crippen molar-refractivity contribution < 1.29 is 0 Å². The van der Waals surface area contributed by atoms with Crippen molar-refractivity contribution in [3.05, 3.63) is 206 Å². The Hall–Kier alpha value is -7.16. The molecule has 0 unspecified atom stereocenters. The van der Waals surface area contributed by atoms with Crippen LogP contribution in [0.4, 0.5) is 34.1 Å². The Labute approximate surface area is 313 Å². The van der Waals surface area contributed by atoms with Gasteiger partial charge in [0.15, 0.2) is 0 Å². The highest BCUT2D eigenvalue weighted by Crippen LogP contribution is 2.50. The number of hydrogen-bond acceptors (Lipinski definition) is 2. The van der Waals surface area contributed by atoms with E-state index in [2.05, 4.69) is 216 Å². The maximum absolute atomic E-state index is 2.49. The Morgan fingerprint density at radius 3 is 1.26 bits per heavy atom. The van der Waals surface area contributed by atoms with Crippen LogP contribution in [0, 0.1) is 0 Å². The molecule has 11 aromatic rings. The van der Waals surface area contributed by atoms with Gasteiger partial charge < -0.3 is 9.80 Å². The maximum Gasteiger partial charge on any atom is 0.0618 e. The van der Waals surface area contributed by atoms with Gasteiger partial charge in [-0.1, -0.05) is 158 Å². The Morgan fingerprint density at radius 2 is 0.667 bits per heavy atom. The first-order valence-electron chi connectivity index (χ1n) is 18.6. The summed E-state index contributed by atoms with van der Waals surface area (Å²) in [4.78, 5) is 4.93. The van der Waals surface area contributed by atoms with Crippen LogP contribution in [-0.4, -0.2) is 0 Å². The van der Waals surface area contributed by atoms with Gasteiger partial charge in [0.1, 0.15) is 0 Å². The summed E-state index contributed by atoms with van der Waals surface area (Å²) in [5, 5.41) is 14.8. The second kappa shape index (κ2) is 12.2. The summed E-state index contributed by atoms with van der Waals surface area (Å²) < 4.78 is 0. The SMILES string of the molecule is c1ccc(N(c2cccc3ccccc23)c2ccc3ccc4c(N(c5ccccc5)c5c6ccccc6cc6ccccc56)ccc5ccc2c3c54)cc1. The molecule has 54 heavy (non-hydrogen) atoms. The van der Waals surface area contributed by atoms with Crippen LogP contribution in [0.5, 0.6) is 0 Å². The second-order valence-corrected chi connectivity index (χ2v) is 14.1. The van der Waals surface area contributed by atoms with Gasteiger partial charge in [-0.05, 0) is 86.2 Å². The number of rotatable bonds is 6. The standard InChI is InChI=1S/C52H34N2/c1-3-18-40(19-4-1)53(47-25-13-17-35-14-7-10-22-42(35)47)48-32-28-36-27-31-46-49(33-29-37-26-30-45(48)50(36)51(37)46)54(41-20-5-2-6-21-41)52-43-23-11-8-15-38(43)34-39-16-9-12-24-44(39)52/h1-34H. The first-order chi connectivity index (χ1) is 26.8. The van der Waals surface area contributed by atoms with Crippen LogP contribution in [0.2, 0.25) is 0 Å². The van der Waals surface area contributed by atoms with E-state index in [1.807, 2.05) is 0 Å². The fourth-order valence-corrected chi connectivity index (χ4v) is 8.74. The van der Waals surface area contributed by atoms with Crippen molar-refractivity contribution in [3.8, 4) is 0 Å². The van der Waals surface area contributed by atoms with Crippen molar-refractivity contribution in [2.24, 2.45) is 0 Å². The molecule has 0 heterocycles. The summed E-state index contributed by atoms with van der Waals surface area (Å²) in [6.07, 6.45) is 0. The van der Waals surface area contributed by atoms with Gasteiger partial charge in [0.05, 0.1) is 22.7 Å². The molecule has 11 aromatic carbocycles. The van der Waals surface area contributed by atoms with Crippen molar-refractivity contribution >= 4 is 98.8 Å². The van der Waals surface area contributed by atoms with Gasteiger partial charge in [0, 0.05) is 38.3 Å². The largest absolute Gasteiger partial charge is 0.309 e. The molecule has 2 heteroatoms. The van der Waals surface area contributed by atoms with Crippen LogP contribution in [-0.2, 0) is 0 Å². The van der Waals surface area contributed by atoms with E-state index in [9.17, 15) is 0 Å². The fourth-order valence-electron chi connectivity index (χ4n) is 8.74. The predicted octanol–water partition coefficient (Wildman–Crippen LogP) is 15.0. The van der Waals surface area contributed by atoms with Crippen LogP contribution in [0.3, 0.4) is 0 Å². The molecule has 0 saturated heterocycles. The molecule has 0 aliphatic carbocycles. The lowest BCUT2D eigenvalue weighted by Crippen LogP contribution is -2.12. The third-order valence-electron chi connectivity index (χ3n) is 11.1. The number of nitrogens with zero attached hydrogens (tertiary/aromatic N) is 2. The Bertz CT molecular complexity index is 3110. The monoisotopic (exact) mass is 686 g/mol. The highest BCUT2D eigenvalue weighted by atomic mass is 15.2. The van der Waals surface area contributed by atoms with Crippen molar-refractivity contribution in [1.82, 2.24) is 0 Å². The molecule has 0 fully saturated rings. The van der Waals surface area contributed by atoms with Crippen LogP contribution in [0.1, 0.15) is 0 Å². The zero-order valence-corrected chi connectivity index (χ0v) is 29.5. The molecule has 0 spiro atoms. The smallest absolute Gasteiger partial charge is 0.0618 e. The summed E-state index contributed by atoms with van der Waals surface area (Å²) in [5.41, 5.74) is 6.92. The first kappa shape index (κ1) is 30.5. The molecule has 0 bridgehead atoms. The number of fused-ring (bicyclic) bond motifs is 3. The number of benzene rings is 11.